The summed E-state index contributed by atoms with van der Waals surface area (Å²) in [4.78, 5) is 17.0. The van der Waals surface area contributed by atoms with Crippen LogP contribution in [0.25, 0.3) is 0 Å². The Morgan fingerprint density at radius 1 is 1.20 bits per heavy atom. The molecule has 0 aromatic heterocycles. The molecule has 0 spiro atoms. The van der Waals surface area contributed by atoms with Gasteiger partial charge in [-0.1, -0.05) is 0 Å². The third-order valence-corrected chi connectivity index (χ3v) is 5.24. The summed E-state index contributed by atoms with van der Waals surface area (Å²) < 4.78 is 18.3. The summed E-state index contributed by atoms with van der Waals surface area (Å²) in [6.07, 6.45) is 3.60. The zero-order valence-electron chi connectivity index (χ0n) is 14.9. The van der Waals surface area contributed by atoms with E-state index in [0.717, 1.165) is 39.0 Å². The number of nitrogens with zero attached hydrogens (tertiary/aromatic N) is 2. The third-order valence-electron chi connectivity index (χ3n) is 5.24. The molecule has 1 N–H and O–H groups in total. The van der Waals surface area contributed by atoms with Crippen LogP contribution in [0.1, 0.15) is 25.7 Å². The molecule has 1 aliphatic carbocycles. The highest BCUT2D eigenvalue weighted by molar-refractivity contribution is 5.76. The number of carbonyl (C=O) groups excluding carboxylic acids is 1. The van der Waals surface area contributed by atoms with E-state index in [9.17, 15) is 9.18 Å². The van der Waals surface area contributed by atoms with Crippen molar-refractivity contribution in [1.82, 2.24) is 15.1 Å². The number of ether oxygens (including phenoxy) is 1. The van der Waals surface area contributed by atoms with Crippen molar-refractivity contribution in [1.29, 1.82) is 0 Å². The van der Waals surface area contributed by atoms with Crippen LogP contribution in [-0.2, 0) is 4.79 Å². The molecule has 1 aromatic rings. The first-order valence-electron chi connectivity index (χ1n) is 9.20. The predicted molar refractivity (Wildman–Crippen MR) is 95.2 cm³/mol. The molecule has 1 amide bonds. The van der Waals surface area contributed by atoms with Crippen LogP contribution in [0.2, 0.25) is 0 Å². The van der Waals surface area contributed by atoms with Gasteiger partial charge in [-0.15, -0.1) is 0 Å². The summed E-state index contributed by atoms with van der Waals surface area (Å²) in [6, 6.07) is 6.74. The van der Waals surface area contributed by atoms with Crippen molar-refractivity contribution >= 4 is 5.91 Å². The van der Waals surface area contributed by atoms with E-state index in [2.05, 4.69) is 22.2 Å². The molecule has 1 saturated carbocycles. The van der Waals surface area contributed by atoms with Gasteiger partial charge < -0.3 is 15.0 Å². The molecule has 25 heavy (non-hydrogen) atoms. The maximum absolute atomic E-state index is 12.8. The number of benzene rings is 1. The Balaban J connectivity index is 1.34. The summed E-state index contributed by atoms with van der Waals surface area (Å²) >= 11 is 0. The molecule has 0 radical (unpaired) electrons. The van der Waals surface area contributed by atoms with Crippen LogP contribution in [0.5, 0.6) is 5.75 Å². The van der Waals surface area contributed by atoms with E-state index in [4.69, 9.17) is 4.74 Å². The van der Waals surface area contributed by atoms with Crippen LogP contribution >= 0.6 is 0 Å². The third kappa shape index (κ3) is 5.41. The lowest BCUT2D eigenvalue weighted by molar-refractivity contribution is -0.122. The monoisotopic (exact) mass is 349 g/mol. The first-order chi connectivity index (χ1) is 12.1. The highest BCUT2D eigenvalue weighted by Crippen LogP contribution is 2.25. The molecule has 2 fully saturated rings. The molecule has 0 bridgehead atoms. The molecular weight excluding hydrogens is 321 g/mol. The van der Waals surface area contributed by atoms with Gasteiger partial charge in [0.05, 0.1) is 13.0 Å². The molecule has 2 unspecified atom stereocenters. The minimum absolute atomic E-state index is 0.0335. The van der Waals surface area contributed by atoms with Crippen molar-refractivity contribution in [2.75, 3.05) is 39.8 Å². The molecule has 3 rings (SSSR count). The van der Waals surface area contributed by atoms with E-state index in [0.29, 0.717) is 24.8 Å². The van der Waals surface area contributed by atoms with Gasteiger partial charge in [-0.3, -0.25) is 9.69 Å². The van der Waals surface area contributed by atoms with E-state index in [-0.39, 0.29) is 17.8 Å². The number of nitrogens with one attached hydrogen (secondary N) is 1. The maximum Gasteiger partial charge on any atom is 0.223 e. The average Bonchev–Trinajstić information content (AvgIpc) is 3.06. The molecule has 5 nitrogen and oxygen atoms in total. The second-order valence-electron chi connectivity index (χ2n) is 7.12. The van der Waals surface area contributed by atoms with Crippen LogP contribution in [0, 0.1) is 5.82 Å². The van der Waals surface area contributed by atoms with Gasteiger partial charge in [0.1, 0.15) is 11.6 Å². The molecule has 1 saturated heterocycles. The van der Waals surface area contributed by atoms with Crippen molar-refractivity contribution in [3.63, 3.8) is 0 Å². The zero-order valence-corrected chi connectivity index (χ0v) is 14.9. The number of hydrogen-bond donors (Lipinski definition) is 1. The Morgan fingerprint density at radius 2 is 1.92 bits per heavy atom. The fraction of sp³-hybridized carbons (Fsp3) is 0.632. The number of hydrogen-bond acceptors (Lipinski definition) is 4. The van der Waals surface area contributed by atoms with E-state index in [1.54, 1.807) is 12.1 Å². The Morgan fingerprint density at radius 3 is 2.64 bits per heavy atom. The molecule has 2 aliphatic rings. The van der Waals surface area contributed by atoms with E-state index < -0.39 is 0 Å². The van der Waals surface area contributed by atoms with Gasteiger partial charge >= 0.3 is 0 Å². The van der Waals surface area contributed by atoms with Crippen molar-refractivity contribution < 1.29 is 13.9 Å². The molecule has 138 valence electrons. The first-order valence-corrected chi connectivity index (χ1v) is 9.20. The van der Waals surface area contributed by atoms with Gasteiger partial charge in [0.15, 0.2) is 0 Å². The van der Waals surface area contributed by atoms with E-state index in [1.165, 1.54) is 18.6 Å². The van der Waals surface area contributed by atoms with Gasteiger partial charge in [0, 0.05) is 38.3 Å². The minimum Gasteiger partial charge on any atom is -0.493 e. The minimum atomic E-state index is -0.291. The van der Waals surface area contributed by atoms with E-state index in [1.807, 2.05) is 0 Å². The van der Waals surface area contributed by atoms with Crippen LogP contribution in [0.15, 0.2) is 24.3 Å². The van der Waals surface area contributed by atoms with Crippen LogP contribution in [-0.4, -0.2) is 67.6 Å². The number of piperazine rings is 1. The zero-order chi connectivity index (χ0) is 17.6. The number of rotatable bonds is 6. The summed E-state index contributed by atoms with van der Waals surface area (Å²) in [5.41, 5.74) is 0. The van der Waals surface area contributed by atoms with Gasteiger partial charge in [-0.2, -0.15) is 0 Å². The Bertz CT molecular complexity index is 558. The molecular formula is C19H28FN3O2. The molecule has 1 aliphatic heterocycles. The van der Waals surface area contributed by atoms with Crippen LogP contribution < -0.4 is 10.1 Å². The first kappa shape index (κ1) is 18.1. The number of halogens is 1. The number of likely N-dealkylation sites (N-methyl/N-ethyl adjacent to an activating group) is 1. The Hall–Kier alpha value is -1.66. The fourth-order valence-electron chi connectivity index (χ4n) is 3.70. The lowest BCUT2D eigenvalue weighted by Gasteiger charge is -2.36. The Labute approximate surface area is 149 Å². The lowest BCUT2D eigenvalue weighted by atomic mass is 10.1. The maximum atomic E-state index is 12.8. The SMILES string of the molecule is CN1CCN(C2CCC(NC(=O)CCOc3ccc(F)cc3)C2)CC1. The predicted octanol–water partition coefficient (Wildman–Crippen LogP) is 1.88. The molecule has 2 atom stereocenters. The fourth-order valence-corrected chi connectivity index (χ4v) is 3.70. The van der Waals surface area contributed by atoms with Crippen molar-refractivity contribution in [3.8, 4) is 5.75 Å². The van der Waals surface area contributed by atoms with Crippen LogP contribution in [0.3, 0.4) is 0 Å². The van der Waals surface area contributed by atoms with Gasteiger partial charge in [0.25, 0.3) is 0 Å². The summed E-state index contributed by atoms with van der Waals surface area (Å²) in [5, 5.41) is 3.14. The highest BCUT2D eigenvalue weighted by atomic mass is 19.1. The van der Waals surface area contributed by atoms with Gasteiger partial charge in [-0.05, 0) is 50.6 Å². The normalized spacial score (nSPS) is 25.0. The lowest BCUT2D eigenvalue weighted by Crippen LogP contribution is -2.48. The van der Waals surface area contributed by atoms with Gasteiger partial charge in [0.2, 0.25) is 5.91 Å². The topological polar surface area (TPSA) is 44.8 Å². The van der Waals surface area contributed by atoms with Crippen molar-refractivity contribution in [2.24, 2.45) is 0 Å². The average molecular weight is 349 g/mol. The summed E-state index contributed by atoms with van der Waals surface area (Å²) in [7, 11) is 2.17. The largest absolute Gasteiger partial charge is 0.493 e. The molecule has 1 aromatic carbocycles. The smallest absolute Gasteiger partial charge is 0.223 e. The van der Waals surface area contributed by atoms with Crippen molar-refractivity contribution in [3.05, 3.63) is 30.1 Å². The van der Waals surface area contributed by atoms with Gasteiger partial charge in [-0.25, -0.2) is 4.39 Å². The molecule has 6 heteroatoms. The second kappa shape index (κ2) is 8.63. The van der Waals surface area contributed by atoms with Crippen molar-refractivity contribution in [2.45, 2.75) is 37.8 Å². The highest BCUT2D eigenvalue weighted by Gasteiger charge is 2.31. The standard InChI is InChI=1S/C19H28FN3O2/c1-22-9-11-23(12-10-22)17-5-4-16(14-17)21-19(24)8-13-25-18-6-2-15(20)3-7-18/h2-3,6-7,16-17H,4-5,8-14H2,1H3,(H,21,24). The number of amides is 1. The Kier molecular flexibility index (Phi) is 6.26. The summed E-state index contributed by atoms with van der Waals surface area (Å²) in [5.74, 6) is 0.331. The van der Waals surface area contributed by atoms with Crippen LogP contribution in [0.4, 0.5) is 4.39 Å². The number of carbonyl (C=O) groups is 1. The van der Waals surface area contributed by atoms with E-state index >= 15 is 0 Å². The molecule has 1 heterocycles. The second-order valence-corrected chi connectivity index (χ2v) is 7.12. The quantitative estimate of drug-likeness (QED) is 0.852. The summed E-state index contributed by atoms with van der Waals surface area (Å²) in [6.45, 7) is 4.84.